The lowest BCUT2D eigenvalue weighted by Crippen LogP contribution is -2.01. The molecule has 0 radical (unpaired) electrons. The number of benzene rings is 1. The molecule has 0 saturated heterocycles. The number of aliphatic hydroxyl groups excluding tert-OH is 1. The lowest BCUT2D eigenvalue weighted by Gasteiger charge is -2.10. The van der Waals surface area contributed by atoms with Gasteiger partial charge in [-0.3, -0.25) is 0 Å². The Kier molecular flexibility index (Phi) is 5.00. The topological polar surface area (TPSA) is 68.9 Å². The fourth-order valence-corrected chi connectivity index (χ4v) is 1.84. The summed E-state index contributed by atoms with van der Waals surface area (Å²) in [6.45, 7) is 2.69. The number of hydrogen-bond donors (Lipinski definition) is 1. The van der Waals surface area contributed by atoms with E-state index in [-0.39, 0.29) is 11.5 Å². The third-order valence-electron chi connectivity index (χ3n) is 2.95. The Morgan fingerprint density at radius 3 is 2.57 bits per heavy atom. The highest BCUT2D eigenvalue weighted by Gasteiger charge is 2.18. The Morgan fingerprint density at radius 2 is 1.95 bits per heavy atom. The smallest absolute Gasteiger partial charge is 0.373 e. The first-order valence-corrected chi connectivity index (χ1v) is 6.74. The number of hydrogen-bond acceptors (Lipinski definition) is 5. The first-order valence-electron chi connectivity index (χ1n) is 6.74. The van der Waals surface area contributed by atoms with E-state index in [2.05, 4.69) is 4.74 Å². The zero-order valence-corrected chi connectivity index (χ0v) is 12.0. The van der Waals surface area contributed by atoms with E-state index in [1.807, 2.05) is 6.92 Å². The summed E-state index contributed by atoms with van der Waals surface area (Å²) in [4.78, 5) is 11.3. The molecular weight excluding hydrogens is 272 g/mol. The van der Waals surface area contributed by atoms with Crippen molar-refractivity contribution in [1.82, 2.24) is 0 Å². The molecule has 0 bridgehead atoms. The normalized spacial score (nSPS) is 12.0. The molecule has 2 aromatic rings. The quantitative estimate of drug-likeness (QED) is 0.828. The van der Waals surface area contributed by atoms with Crippen LogP contribution >= 0.6 is 0 Å². The highest BCUT2D eigenvalue weighted by atomic mass is 16.5. The molecule has 1 N–H and O–H groups in total. The maximum atomic E-state index is 11.3. The second-order valence-corrected chi connectivity index (χ2v) is 4.51. The summed E-state index contributed by atoms with van der Waals surface area (Å²) in [6.07, 6.45) is -0.00351. The van der Waals surface area contributed by atoms with Crippen LogP contribution in [0.5, 0.6) is 5.75 Å². The first kappa shape index (κ1) is 15.1. The van der Waals surface area contributed by atoms with Crippen molar-refractivity contribution >= 4 is 5.97 Å². The highest BCUT2D eigenvalue weighted by molar-refractivity contribution is 5.86. The number of methoxy groups -OCH3 is 1. The molecule has 0 spiro atoms. The number of aliphatic hydroxyl groups is 1. The number of carbonyl (C=O) groups excluding carboxylic acids is 1. The fourth-order valence-electron chi connectivity index (χ4n) is 1.84. The Morgan fingerprint density at radius 1 is 1.24 bits per heavy atom. The molecule has 1 aromatic heterocycles. The van der Waals surface area contributed by atoms with E-state index in [0.717, 1.165) is 12.2 Å². The van der Waals surface area contributed by atoms with Crippen LogP contribution < -0.4 is 4.74 Å². The van der Waals surface area contributed by atoms with Gasteiger partial charge in [0.1, 0.15) is 17.6 Å². The van der Waals surface area contributed by atoms with Gasteiger partial charge in [-0.25, -0.2) is 4.79 Å². The van der Waals surface area contributed by atoms with Gasteiger partial charge >= 0.3 is 5.97 Å². The maximum Gasteiger partial charge on any atom is 0.373 e. The van der Waals surface area contributed by atoms with Crippen LogP contribution in [0, 0.1) is 0 Å². The molecule has 0 fully saturated rings. The Balaban J connectivity index is 2.10. The molecule has 1 atom stereocenters. The van der Waals surface area contributed by atoms with Crippen LogP contribution in [-0.4, -0.2) is 24.8 Å². The molecule has 1 aromatic carbocycles. The molecule has 0 aliphatic heterocycles. The zero-order valence-electron chi connectivity index (χ0n) is 12.0. The monoisotopic (exact) mass is 290 g/mol. The van der Waals surface area contributed by atoms with Gasteiger partial charge in [0.2, 0.25) is 5.76 Å². The zero-order chi connectivity index (χ0) is 15.2. The fraction of sp³-hybridized carbons (Fsp3) is 0.312. The largest absolute Gasteiger partial charge is 0.494 e. The molecule has 0 aliphatic carbocycles. The predicted octanol–water partition coefficient (Wildman–Crippen LogP) is 2.94. The number of esters is 1. The van der Waals surface area contributed by atoms with Crippen LogP contribution in [0.1, 0.15) is 41.3 Å². The SMILES string of the molecule is CCCOc1ccc(C(O)c2ccc(C(=O)OC)o2)cc1. The molecule has 5 heteroatoms. The summed E-state index contributed by atoms with van der Waals surface area (Å²) in [6, 6.07) is 10.1. The molecular formula is C16H18O5. The van der Waals surface area contributed by atoms with Crippen LogP contribution in [-0.2, 0) is 4.74 Å². The van der Waals surface area contributed by atoms with E-state index in [0.29, 0.717) is 12.2 Å². The number of rotatable bonds is 6. The molecule has 1 heterocycles. The third kappa shape index (κ3) is 3.64. The van der Waals surface area contributed by atoms with Crippen molar-refractivity contribution in [1.29, 1.82) is 0 Å². The summed E-state index contributed by atoms with van der Waals surface area (Å²) in [5.41, 5.74) is 0.657. The van der Waals surface area contributed by atoms with Crippen molar-refractivity contribution in [2.45, 2.75) is 19.4 Å². The Labute approximate surface area is 123 Å². The number of carbonyl (C=O) groups is 1. The van der Waals surface area contributed by atoms with Gasteiger partial charge in [-0.2, -0.15) is 0 Å². The van der Waals surface area contributed by atoms with Gasteiger partial charge in [-0.15, -0.1) is 0 Å². The van der Waals surface area contributed by atoms with Crippen molar-refractivity contribution in [3.05, 3.63) is 53.5 Å². The van der Waals surface area contributed by atoms with Gasteiger partial charge in [0, 0.05) is 0 Å². The van der Waals surface area contributed by atoms with Crippen molar-refractivity contribution in [3.8, 4) is 5.75 Å². The van der Waals surface area contributed by atoms with E-state index in [1.54, 1.807) is 30.3 Å². The molecule has 1 unspecified atom stereocenters. The summed E-state index contributed by atoms with van der Waals surface area (Å²) < 4.78 is 15.3. The number of furan rings is 1. The average Bonchev–Trinajstić information content (AvgIpc) is 3.02. The minimum absolute atomic E-state index is 0.0643. The molecule has 0 aliphatic rings. The minimum Gasteiger partial charge on any atom is -0.494 e. The predicted molar refractivity (Wildman–Crippen MR) is 76.3 cm³/mol. The van der Waals surface area contributed by atoms with Gasteiger partial charge in [-0.1, -0.05) is 19.1 Å². The van der Waals surface area contributed by atoms with Gasteiger partial charge in [-0.05, 0) is 36.2 Å². The average molecular weight is 290 g/mol. The van der Waals surface area contributed by atoms with Crippen LogP contribution in [0.25, 0.3) is 0 Å². The molecule has 0 saturated carbocycles. The van der Waals surface area contributed by atoms with Crippen LogP contribution in [0.3, 0.4) is 0 Å². The molecule has 2 rings (SSSR count). The van der Waals surface area contributed by atoms with Crippen molar-refractivity contribution in [2.24, 2.45) is 0 Å². The van der Waals surface area contributed by atoms with Gasteiger partial charge in [0.05, 0.1) is 13.7 Å². The Hall–Kier alpha value is -2.27. The third-order valence-corrected chi connectivity index (χ3v) is 2.95. The van der Waals surface area contributed by atoms with Crippen molar-refractivity contribution in [3.63, 3.8) is 0 Å². The van der Waals surface area contributed by atoms with Gasteiger partial charge in [0.25, 0.3) is 0 Å². The molecule has 0 amide bonds. The Bertz CT molecular complexity index is 585. The summed E-state index contributed by atoms with van der Waals surface area (Å²) in [5.74, 6) is 0.534. The second-order valence-electron chi connectivity index (χ2n) is 4.51. The summed E-state index contributed by atoms with van der Waals surface area (Å²) in [5, 5.41) is 10.2. The summed E-state index contributed by atoms with van der Waals surface area (Å²) >= 11 is 0. The minimum atomic E-state index is -0.941. The molecule has 5 nitrogen and oxygen atoms in total. The molecule has 112 valence electrons. The van der Waals surface area contributed by atoms with Crippen LogP contribution in [0.2, 0.25) is 0 Å². The van der Waals surface area contributed by atoms with E-state index in [4.69, 9.17) is 9.15 Å². The second kappa shape index (κ2) is 6.95. The maximum absolute atomic E-state index is 11.3. The van der Waals surface area contributed by atoms with E-state index < -0.39 is 12.1 Å². The van der Waals surface area contributed by atoms with Crippen LogP contribution in [0.15, 0.2) is 40.8 Å². The van der Waals surface area contributed by atoms with Gasteiger partial charge < -0.3 is 19.0 Å². The standard InChI is InChI=1S/C16H18O5/c1-3-10-20-12-6-4-11(5-7-12)15(17)13-8-9-14(21-13)16(18)19-2/h4-9,15,17H,3,10H2,1-2H3. The van der Waals surface area contributed by atoms with E-state index in [9.17, 15) is 9.90 Å². The van der Waals surface area contributed by atoms with E-state index >= 15 is 0 Å². The first-order chi connectivity index (χ1) is 10.2. The van der Waals surface area contributed by atoms with E-state index in [1.165, 1.54) is 13.2 Å². The van der Waals surface area contributed by atoms with Crippen LogP contribution in [0.4, 0.5) is 0 Å². The van der Waals surface area contributed by atoms with Gasteiger partial charge in [0.15, 0.2) is 0 Å². The number of ether oxygens (including phenoxy) is 2. The van der Waals surface area contributed by atoms with Crippen molar-refractivity contribution in [2.75, 3.05) is 13.7 Å². The lowest BCUT2D eigenvalue weighted by molar-refractivity contribution is 0.0558. The van der Waals surface area contributed by atoms with Crippen molar-refractivity contribution < 1.29 is 23.8 Å². The molecule has 21 heavy (non-hydrogen) atoms. The lowest BCUT2D eigenvalue weighted by atomic mass is 10.1. The summed E-state index contributed by atoms with van der Waals surface area (Å²) in [7, 11) is 1.27. The highest BCUT2D eigenvalue weighted by Crippen LogP contribution is 2.25.